The highest BCUT2D eigenvalue weighted by Gasteiger charge is 2.60. The van der Waals surface area contributed by atoms with E-state index in [9.17, 15) is 13.7 Å². The van der Waals surface area contributed by atoms with Crippen LogP contribution in [0.5, 0.6) is 5.75 Å². The number of urea groups is 1. The molecule has 1 N–H and O–H groups in total. The number of amides is 2. The van der Waals surface area contributed by atoms with Crippen molar-refractivity contribution in [1.82, 2.24) is 19.4 Å². The zero-order chi connectivity index (χ0) is 36.5. The number of carbonyl (C=O) groups is 1. The maximum atomic E-state index is 15.1. The van der Waals surface area contributed by atoms with E-state index in [4.69, 9.17) is 32.9 Å². The number of amidine groups is 1. The van der Waals surface area contributed by atoms with Gasteiger partial charge in [-0.25, -0.2) is 17.9 Å². The number of benzene rings is 3. The summed E-state index contributed by atoms with van der Waals surface area (Å²) in [5.41, 5.74) is 0.245. The largest absolute Gasteiger partial charge is 0.493 e. The Bertz CT molecular complexity index is 1910. The van der Waals surface area contributed by atoms with Gasteiger partial charge in [-0.2, -0.15) is 5.26 Å². The van der Waals surface area contributed by atoms with Gasteiger partial charge in [0.2, 0.25) is 10.0 Å². The summed E-state index contributed by atoms with van der Waals surface area (Å²) in [4.78, 5) is 26.4. The highest BCUT2D eigenvalue weighted by molar-refractivity contribution is 7.88. The third-order valence-electron chi connectivity index (χ3n) is 9.90. The van der Waals surface area contributed by atoms with Crippen molar-refractivity contribution in [3.8, 4) is 11.8 Å². The topological polar surface area (TPSA) is 118 Å². The molecule has 3 aromatic carbocycles. The van der Waals surface area contributed by atoms with Gasteiger partial charge in [-0.05, 0) is 87.7 Å². The summed E-state index contributed by atoms with van der Waals surface area (Å²) in [6.45, 7) is 12.9. The fraction of sp³-hybridized carbons (Fsp3) is 0.432. The molecule has 50 heavy (non-hydrogen) atoms. The summed E-state index contributed by atoms with van der Waals surface area (Å²) in [5.74, 6) is 0.960. The Morgan fingerprint density at radius 1 is 0.980 bits per heavy atom. The fourth-order valence-corrected chi connectivity index (χ4v) is 7.41. The molecule has 2 amide bonds. The van der Waals surface area contributed by atoms with Crippen LogP contribution >= 0.6 is 23.2 Å². The first-order valence-electron chi connectivity index (χ1n) is 16.6. The minimum Gasteiger partial charge on any atom is -0.493 e. The van der Waals surface area contributed by atoms with Gasteiger partial charge in [0.1, 0.15) is 22.7 Å². The van der Waals surface area contributed by atoms with Crippen LogP contribution < -0.4 is 9.46 Å². The van der Waals surface area contributed by atoms with Crippen molar-refractivity contribution < 1.29 is 17.9 Å². The number of nitrogens with one attached hydrogen (secondary N) is 1. The van der Waals surface area contributed by atoms with E-state index in [1.807, 2.05) is 106 Å². The molecular weight excluding hydrogens is 695 g/mol. The summed E-state index contributed by atoms with van der Waals surface area (Å²) >= 11 is 12.8. The van der Waals surface area contributed by atoms with Gasteiger partial charge >= 0.3 is 6.03 Å². The molecule has 0 bridgehead atoms. The van der Waals surface area contributed by atoms with Gasteiger partial charge in [-0.3, -0.25) is 14.8 Å². The van der Waals surface area contributed by atoms with E-state index in [1.54, 1.807) is 4.90 Å². The van der Waals surface area contributed by atoms with E-state index in [0.29, 0.717) is 73.1 Å². The molecule has 2 aliphatic rings. The molecular formula is C37H44Cl2N6O4S. The Morgan fingerprint density at radius 3 is 2.10 bits per heavy atom. The lowest BCUT2D eigenvalue weighted by Crippen LogP contribution is -2.61. The summed E-state index contributed by atoms with van der Waals surface area (Å²) in [5, 5.41) is 11.1. The Labute approximate surface area is 305 Å². The molecule has 13 heteroatoms. The molecule has 2 atom stereocenters. The molecule has 2 unspecified atom stereocenters. The highest BCUT2D eigenvalue weighted by atomic mass is 35.5. The van der Waals surface area contributed by atoms with Gasteiger partial charge < -0.3 is 9.64 Å². The van der Waals surface area contributed by atoms with Crippen molar-refractivity contribution in [2.75, 3.05) is 52.1 Å². The number of nitriles is 1. The first kappa shape index (κ1) is 37.6. The van der Waals surface area contributed by atoms with Crippen LogP contribution in [0.25, 0.3) is 0 Å². The number of carbonyl (C=O) groups excluding carboxylic acids is 1. The summed E-state index contributed by atoms with van der Waals surface area (Å²) in [6.07, 6.45) is 1.14. The quantitative estimate of drug-likeness (QED) is 0.258. The van der Waals surface area contributed by atoms with E-state index in [2.05, 4.69) is 15.7 Å². The molecule has 5 rings (SSSR count). The number of ether oxygens (including phenoxy) is 1. The number of sulfonamides is 1. The van der Waals surface area contributed by atoms with Gasteiger partial charge in [-0.1, -0.05) is 53.5 Å². The second-order valence-electron chi connectivity index (χ2n) is 13.6. The lowest BCUT2D eigenvalue weighted by atomic mass is 9.71. The normalized spacial score (nSPS) is 21.5. The molecule has 0 saturated carbocycles. The van der Waals surface area contributed by atoms with E-state index in [-0.39, 0.29) is 6.03 Å². The van der Waals surface area contributed by atoms with Gasteiger partial charge in [-0.15, -0.1) is 0 Å². The van der Waals surface area contributed by atoms with Gasteiger partial charge in [0.25, 0.3) is 0 Å². The van der Waals surface area contributed by atoms with Crippen LogP contribution in [0.3, 0.4) is 0 Å². The third-order valence-corrected chi connectivity index (χ3v) is 11.1. The van der Waals surface area contributed by atoms with E-state index in [1.165, 1.54) is 0 Å². The van der Waals surface area contributed by atoms with Crippen molar-refractivity contribution in [1.29, 1.82) is 5.26 Å². The van der Waals surface area contributed by atoms with E-state index < -0.39 is 26.5 Å². The zero-order valence-corrected chi connectivity index (χ0v) is 31.7. The maximum absolute atomic E-state index is 15.1. The Balaban J connectivity index is 1.66. The molecule has 0 aromatic heterocycles. The average molecular weight is 740 g/mol. The number of aliphatic imine (C=N–C) groups is 1. The second kappa shape index (κ2) is 14.5. The molecule has 0 radical (unpaired) electrons. The van der Waals surface area contributed by atoms with Gasteiger partial charge in [0.05, 0.1) is 29.9 Å². The van der Waals surface area contributed by atoms with Crippen LogP contribution in [0.2, 0.25) is 10.0 Å². The lowest BCUT2D eigenvalue weighted by molar-refractivity contribution is 0.0872. The lowest BCUT2D eigenvalue weighted by Gasteiger charge is -2.47. The maximum Gasteiger partial charge on any atom is 0.326 e. The summed E-state index contributed by atoms with van der Waals surface area (Å²) in [6, 6.07) is 22.8. The minimum absolute atomic E-state index is 0.225. The highest BCUT2D eigenvalue weighted by Crippen LogP contribution is 2.54. The van der Waals surface area contributed by atoms with Crippen molar-refractivity contribution in [2.24, 2.45) is 4.99 Å². The smallest absolute Gasteiger partial charge is 0.326 e. The van der Waals surface area contributed by atoms with Crippen LogP contribution in [0.4, 0.5) is 4.79 Å². The Hall–Kier alpha value is -3.66. The van der Waals surface area contributed by atoms with Crippen LogP contribution in [-0.4, -0.2) is 87.1 Å². The zero-order valence-electron chi connectivity index (χ0n) is 29.3. The second-order valence-corrected chi connectivity index (χ2v) is 16.3. The summed E-state index contributed by atoms with van der Waals surface area (Å²) < 4.78 is 31.9. The standard InChI is InChI=1S/C37H44Cl2N6O4S/c1-7-49-32-24-28(35(2,3)25-40)12-17-31(32)33-42-36(4,26-8-13-29(38)14-9-26)37(5,27-10-15-30(39)16-11-27)45(33)34(46)44-22-20-43(21-23-44)19-18-41-50(6,47)48/h8-17,24,41H,7,18-23H2,1-6H3. The first-order valence-corrected chi connectivity index (χ1v) is 19.3. The molecule has 2 heterocycles. The third kappa shape index (κ3) is 7.37. The SMILES string of the molecule is CCOc1cc(C(C)(C)C#N)ccc1C1=NC(C)(c2ccc(Cl)cc2)C(C)(c2ccc(Cl)cc2)N1C(=O)N1CCN(CCNS(C)(=O)=O)CC1. The molecule has 0 spiro atoms. The van der Waals surface area contributed by atoms with Gasteiger partial charge in [0.15, 0.2) is 0 Å². The number of rotatable bonds is 10. The summed E-state index contributed by atoms with van der Waals surface area (Å²) in [7, 11) is -3.29. The van der Waals surface area contributed by atoms with Crippen molar-refractivity contribution in [2.45, 2.75) is 51.1 Å². The predicted molar refractivity (Wildman–Crippen MR) is 198 cm³/mol. The minimum atomic E-state index is -3.29. The Morgan fingerprint density at radius 2 is 1.56 bits per heavy atom. The fourth-order valence-electron chi connectivity index (χ4n) is 6.70. The van der Waals surface area contributed by atoms with Crippen LogP contribution in [0, 0.1) is 11.3 Å². The number of piperazine rings is 1. The molecule has 3 aromatic rings. The van der Waals surface area contributed by atoms with Crippen molar-refractivity contribution in [3.05, 3.63) is 99.0 Å². The van der Waals surface area contributed by atoms with Gasteiger partial charge in [0, 0.05) is 49.3 Å². The van der Waals surface area contributed by atoms with Crippen LogP contribution in [0.1, 0.15) is 56.9 Å². The monoisotopic (exact) mass is 738 g/mol. The van der Waals surface area contributed by atoms with Crippen molar-refractivity contribution in [3.63, 3.8) is 0 Å². The van der Waals surface area contributed by atoms with E-state index >= 15 is 4.79 Å². The molecule has 266 valence electrons. The molecule has 2 aliphatic heterocycles. The van der Waals surface area contributed by atoms with Crippen LogP contribution in [0.15, 0.2) is 71.7 Å². The molecule has 0 aliphatic carbocycles. The number of hydrogen-bond acceptors (Lipinski definition) is 7. The van der Waals surface area contributed by atoms with Crippen LogP contribution in [-0.2, 0) is 26.5 Å². The number of halogens is 2. The number of nitrogens with zero attached hydrogens (tertiary/aromatic N) is 5. The Kier molecular flexibility index (Phi) is 10.9. The first-order chi connectivity index (χ1) is 23.5. The number of hydrogen-bond donors (Lipinski definition) is 1. The molecule has 10 nitrogen and oxygen atoms in total. The average Bonchev–Trinajstić information content (AvgIpc) is 3.32. The molecule has 1 fully saturated rings. The molecule has 1 saturated heterocycles. The van der Waals surface area contributed by atoms with E-state index in [0.717, 1.165) is 22.9 Å². The predicted octanol–water partition coefficient (Wildman–Crippen LogP) is 6.37. The van der Waals surface area contributed by atoms with Crippen molar-refractivity contribution >= 4 is 45.1 Å².